The molecule has 1 aliphatic rings. The Bertz CT molecular complexity index is 1170. The fraction of sp³-hybridized carbons (Fsp3) is 0.154. The number of aliphatic hydroxyl groups is 2. The Labute approximate surface area is 191 Å². The zero-order valence-corrected chi connectivity index (χ0v) is 19.0. The molecule has 0 unspecified atom stereocenters. The number of allylic oxidation sites excluding steroid dienone is 2. The highest BCUT2D eigenvalue weighted by Crippen LogP contribution is 2.37. The van der Waals surface area contributed by atoms with Crippen molar-refractivity contribution in [3.8, 4) is 10.4 Å². The molecule has 0 amide bonds. The van der Waals surface area contributed by atoms with Gasteiger partial charge in [0.15, 0.2) is 0 Å². The SMILES string of the molecule is CC(C)(O)C1=CC=CN(c2ccccc2Cl)C(c2ccc(-c3ccc(CO)s3)cc2)=C1. The van der Waals surface area contributed by atoms with E-state index < -0.39 is 5.60 Å². The number of benzene rings is 2. The third-order valence-corrected chi connectivity index (χ3v) is 6.60. The smallest absolute Gasteiger partial charge is 0.0841 e. The minimum atomic E-state index is -0.982. The Morgan fingerprint density at radius 1 is 0.968 bits per heavy atom. The Morgan fingerprint density at radius 2 is 1.68 bits per heavy atom. The van der Waals surface area contributed by atoms with Crippen LogP contribution in [0.4, 0.5) is 5.69 Å². The van der Waals surface area contributed by atoms with E-state index in [0.717, 1.165) is 37.8 Å². The monoisotopic (exact) mass is 449 g/mol. The number of thiophene rings is 1. The van der Waals surface area contributed by atoms with Gasteiger partial charge in [0, 0.05) is 16.0 Å². The molecule has 0 radical (unpaired) electrons. The van der Waals surface area contributed by atoms with Gasteiger partial charge in [0.2, 0.25) is 0 Å². The van der Waals surface area contributed by atoms with Crippen molar-refractivity contribution in [2.75, 3.05) is 4.90 Å². The van der Waals surface area contributed by atoms with Gasteiger partial charge in [-0.3, -0.25) is 0 Å². The third kappa shape index (κ3) is 4.68. The van der Waals surface area contributed by atoms with E-state index in [9.17, 15) is 10.2 Å². The molecule has 31 heavy (non-hydrogen) atoms. The second kappa shape index (κ2) is 8.85. The number of rotatable bonds is 5. The van der Waals surface area contributed by atoms with Crippen LogP contribution in [-0.2, 0) is 6.61 Å². The van der Waals surface area contributed by atoms with Crippen molar-refractivity contribution in [2.45, 2.75) is 26.1 Å². The van der Waals surface area contributed by atoms with Crippen LogP contribution in [0.1, 0.15) is 24.3 Å². The van der Waals surface area contributed by atoms with Gasteiger partial charge in [-0.15, -0.1) is 11.3 Å². The summed E-state index contributed by atoms with van der Waals surface area (Å²) in [5, 5.41) is 20.6. The van der Waals surface area contributed by atoms with Gasteiger partial charge in [0.05, 0.1) is 28.6 Å². The van der Waals surface area contributed by atoms with Gasteiger partial charge in [0.25, 0.3) is 0 Å². The molecule has 0 saturated heterocycles. The van der Waals surface area contributed by atoms with E-state index in [1.807, 2.05) is 65.7 Å². The zero-order valence-electron chi connectivity index (χ0n) is 17.4. The molecule has 1 aromatic heterocycles. The van der Waals surface area contributed by atoms with Crippen molar-refractivity contribution in [1.82, 2.24) is 0 Å². The minimum Gasteiger partial charge on any atom is -0.391 e. The largest absolute Gasteiger partial charge is 0.391 e. The first-order chi connectivity index (χ1) is 14.9. The summed E-state index contributed by atoms with van der Waals surface area (Å²) in [6, 6.07) is 20.0. The summed E-state index contributed by atoms with van der Waals surface area (Å²) < 4.78 is 0. The van der Waals surface area contributed by atoms with Gasteiger partial charge in [-0.1, -0.05) is 54.1 Å². The molecule has 0 fully saturated rings. The van der Waals surface area contributed by atoms with Crippen molar-refractivity contribution in [3.63, 3.8) is 0 Å². The lowest BCUT2D eigenvalue weighted by molar-refractivity contribution is 0.124. The Balaban J connectivity index is 1.78. The van der Waals surface area contributed by atoms with Gasteiger partial charge in [-0.25, -0.2) is 0 Å². The lowest BCUT2D eigenvalue weighted by Crippen LogP contribution is -2.21. The molecule has 3 aromatic rings. The van der Waals surface area contributed by atoms with Crippen molar-refractivity contribution >= 4 is 34.3 Å². The van der Waals surface area contributed by atoms with Crippen LogP contribution in [0.3, 0.4) is 0 Å². The number of halogens is 1. The molecule has 0 atom stereocenters. The van der Waals surface area contributed by atoms with Crippen LogP contribution >= 0.6 is 22.9 Å². The maximum atomic E-state index is 10.7. The second-order valence-electron chi connectivity index (χ2n) is 7.87. The molecule has 2 N–H and O–H groups in total. The Kier molecular flexibility index (Phi) is 6.17. The number of hydrogen-bond acceptors (Lipinski definition) is 4. The molecular formula is C26H24ClNO2S. The van der Waals surface area contributed by atoms with Crippen LogP contribution < -0.4 is 4.90 Å². The first kappa shape index (κ1) is 21.6. The van der Waals surface area contributed by atoms with E-state index in [1.54, 1.807) is 25.2 Å². The maximum absolute atomic E-state index is 10.7. The highest BCUT2D eigenvalue weighted by atomic mass is 35.5. The summed E-state index contributed by atoms with van der Waals surface area (Å²) >= 11 is 8.11. The van der Waals surface area contributed by atoms with E-state index >= 15 is 0 Å². The average molecular weight is 450 g/mol. The molecule has 5 heteroatoms. The van der Waals surface area contributed by atoms with Crippen LogP contribution in [0.15, 0.2) is 90.7 Å². The van der Waals surface area contributed by atoms with E-state index in [4.69, 9.17) is 11.6 Å². The number of hydrogen-bond donors (Lipinski definition) is 2. The topological polar surface area (TPSA) is 43.7 Å². The molecule has 4 rings (SSSR count). The first-order valence-corrected chi connectivity index (χ1v) is 11.2. The van der Waals surface area contributed by atoms with Crippen molar-refractivity contribution in [3.05, 3.63) is 106 Å². The molecule has 3 nitrogen and oxygen atoms in total. The summed E-state index contributed by atoms with van der Waals surface area (Å²) in [7, 11) is 0. The van der Waals surface area contributed by atoms with E-state index in [1.165, 1.54) is 0 Å². The zero-order chi connectivity index (χ0) is 22.0. The first-order valence-electron chi connectivity index (χ1n) is 10.0. The van der Waals surface area contributed by atoms with Crippen molar-refractivity contribution < 1.29 is 10.2 Å². The summed E-state index contributed by atoms with van der Waals surface area (Å²) in [5.74, 6) is 0. The highest BCUT2D eigenvalue weighted by Gasteiger charge is 2.23. The number of aliphatic hydroxyl groups excluding tert-OH is 1. The van der Waals surface area contributed by atoms with Crippen LogP contribution in [0.25, 0.3) is 16.1 Å². The maximum Gasteiger partial charge on any atom is 0.0841 e. The van der Waals surface area contributed by atoms with E-state index in [-0.39, 0.29) is 6.61 Å². The third-order valence-electron chi connectivity index (χ3n) is 5.16. The second-order valence-corrected chi connectivity index (χ2v) is 9.45. The van der Waals surface area contributed by atoms with Crippen LogP contribution in [-0.4, -0.2) is 15.8 Å². The normalized spacial score (nSPS) is 14.3. The van der Waals surface area contributed by atoms with E-state index in [2.05, 4.69) is 24.3 Å². The standard InChI is InChI=1S/C26H24ClNO2S/c1-26(2,30)20-6-5-15-28(23-8-4-3-7-22(23)27)24(16-20)18-9-11-19(12-10-18)25-14-13-21(17-29)31-25/h3-16,29-30H,17H2,1-2H3. The van der Waals surface area contributed by atoms with Gasteiger partial charge in [0.1, 0.15) is 0 Å². The van der Waals surface area contributed by atoms with Gasteiger partial charge < -0.3 is 15.1 Å². The Morgan fingerprint density at radius 3 is 2.32 bits per heavy atom. The van der Waals surface area contributed by atoms with Crippen molar-refractivity contribution in [2.24, 2.45) is 0 Å². The molecule has 2 aromatic carbocycles. The summed E-state index contributed by atoms with van der Waals surface area (Å²) in [6.45, 7) is 3.62. The molecule has 0 bridgehead atoms. The Hall–Kier alpha value is -2.63. The quantitative estimate of drug-likeness (QED) is 0.459. The molecule has 0 spiro atoms. The van der Waals surface area contributed by atoms with Crippen LogP contribution in [0.5, 0.6) is 0 Å². The number of anilines is 1. The molecule has 158 valence electrons. The summed E-state index contributed by atoms with van der Waals surface area (Å²) in [5.41, 5.74) is 3.72. The summed E-state index contributed by atoms with van der Waals surface area (Å²) in [6.07, 6.45) is 7.82. The molecule has 2 heterocycles. The molecular weight excluding hydrogens is 426 g/mol. The molecule has 0 saturated carbocycles. The lowest BCUT2D eigenvalue weighted by Gasteiger charge is -2.26. The average Bonchev–Trinajstić information content (AvgIpc) is 3.12. The van der Waals surface area contributed by atoms with Crippen LogP contribution in [0.2, 0.25) is 5.02 Å². The molecule has 0 aliphatic carbocycles. The lowest BCUT2D eigenvalue weighted by atomic mass is 9.95. The van der Waals surface area contributed by atoms with Gasteiger partial charge >= 0.3 is 0 Å². The predicted molar refractivity (Wildman–Crippen MR) is 131 cm³/mol. The fourth-order valence-corrected chi connectivity index (χ4v) is 4.56. The van der Waals surface area contributed by atoms with Crippen LogP contribution in [0, 0.1) is 0 Å². The highest BCUT2D eigenvalue weighted by molar-refractivity contribution is 7.15. The van der Waals surface area contributed by atoms with E-state index in [0.29, 0.717) is 5.02 Å². The van der Waals surface area contributed by atoms with Crippen molar-refractivity contribution in [1.29, 1.82) is 0 Å². The number of nitrogens with zero attached hydrogens (tertiary/aromatic N) is 1. The predicted octanol–water partition coefficient (Wildman–Crippen LogP) is 6.63. The van der Waals surface area contributed by atoms with Gasteiger partial charge in [-0.2, -0.15) is 0 Å². The molecule has 1 aliphatic heterocycles. The minimum absolute atomic E-state index is 0.0564. The summed E-state index contributed by atoms with van der Waals surface area (Å²) in [4.78, 5) is 4.10. The fourth-order valence-electron chi connectivity index (χ4n) is 3.46. The van der Waals surface area contributed by atoms with Gasteiger partial charge in [-0.05, 0) is 67.0 Å². The number of para-hydroxylation sites is 1.